The summed E-state index contributed by atoms with van der Waals surface area (Å²) < 4.78 is 5.82. The molecule has 1 aromatic carbocycles. The van der Waals surface area contributed by atoms with Crippen molar-refractivity contribution in [3.05, 3.63) is 35.9 Å². The lowest BCUT2D eigenvalue weighted by Crippen LogP contribution is -2.25. The zero-order valence-electron chi connectivity index (χ0n) is 12.2. The summed E-state index contributed by atoms with van der Waals surface area (Å²) >= 11 is 0. The van der Waals surface area contributed by atoms with Crippen LogP contribution in [-0.4, -0.2) is 25.8 Å². The molecule has 0 saturated heterocycles. The van der Waals surface area contributed by atoms with Crippen LogP contribution in [0.3, 0.4) is 0 Å². The molecule has 1 N–H and O–H groups in total. The Hall–Kier alpha value is -0.860. The molecule has 0 aromatic heterocycles. The molecule has 0 aliphatic heterocycles. The molecule has 0 aliphatic rings. The Kier molecular flexibility index (Phi) is 6.37. The summed E-state index contributed by atoms with van der Waals surface area (Å²) in [4.78, 5) is 0. The molecule has 1 aromatic rings. The average molecular weight is 249 g/mol. The molecule has 18 heavy (non-hydrogen) atoms. The molecule has 2 heteroatoms. The van der Waals surface area contributed by atoms with Crippen molar-refractivity contribution in [1.82, 2.24) is 5.32 Å². The highest BCUT2D eigenvalue weighted by Gasteiger charge is 2.13. The van der Waals surface area contributed by atoms with Crippen molar-refractivity contribution in [2.75, 3.05) is 20.2 Å². The first kappa shape index (κ1) is 15.2. The topological polar surface area (TPSA) is 21.3 Å². The molecule has 2 nitrogen and oxygen atoms in total. The number of hydrogen-bond donors (Lipinski definition) is 1. The van der Waals surface area contributed by atoms with Crippen molar-refractivity contribution in [1.29, 1.82) is 0 Å². The molecule has 0 saturated carbocycles. The Morgan fingerprint density at radius 1 is 1.17 bits per heavy atom. The van der Waals surface area contributed by atoms with Gasteiger partial charge in [-0.2, -0.15) is 0 Å². The van der Waals surface area contributed by atoms with Crippen molar-refractivity contribution in [2.45, 2.75) is 39.2 Å². The minimum Gasteiger partial charge on any atom is -0.376 e. The van der Waals surface area contributed by atoms with Gasteiger partial charge in [0.1, 0.15) is 0 Å². The summed E-state index contributed by atoms with van der Waals surface area (Å²) in [5.74, 6) is 0.639. The van der Waals surface area contributed by atoms with Crippen LogP contribution in [0.1, 0.15) is 32.8 Å². The maximum absolute atomic E-state index is 5.82. The number of nitrogens with one attached hydrogen (secondary N) is 1. The van der Waals surface area contributed by atoms with E-state index in [-0.39, 0.29) is 5.60 Å². The molecule has 0 bridgehead atoms. The Morgan fingerprint density at radius 2 is 1.83 bits per heavy atom. The first-order chi connectivity index (χ1) is 8.51. The summed E-state index contributed by atoms with van der Waals surface area (Å²) in [7, 11) is 2.02. The van der Waals surface area contributed by atoms with Crippen LogP contribution in [0.2, 0.25) is 0 Å². The fourth-order valence-electron chi connectivity index (χ4n) is 2.04. The van der Waals surface area contributed by atoms with E-state index < -0.39 is 0 Å². The van der Waals surface area contributed by atoms with Gasteiger partial charge in [-0.25, -0.2) is 0 Å². The van der Waals surface area contributed by atoms with E-state index in [0.717, 1.165) is 26.0 Å². The normalized spacial score (nSPS) is 13.6. The van der Waals surface area contributed by atoms with Crippen LogP contribution in [0.25, 0.3) is 0 Å². The molecule has 0 heterocycles. The monoisotopic (exact) mass is 249 g/mol. The van der Waals surface area contributed by atoms with Crippen LogP contribution in [0, 0.1) is 5.92 Å². The Bertz CT molecular complexity index is 316. The predicted octanol–water partition coefficient (Wildman–Crippen LogP) is 3.27. The maximum atomic E-state index is 5.82. The number of ether oxygens (including phenoxy) is 1. The van der Waals surface area contributed by atoms with Gasteiger partial charge >= 0.3 is 0 Å². The second-order valence-electron chi connectivity index (χ2n) is 5.86. The van der Waals surface area contributed by atoms with Crippen LogP contribution >= 0.6 is 0 Å². The van der Waals surface area contributed by atoms with Crippen LogP contribution in [0.4, 0.5) is 0 Å². The summed E-state index contributed by atoms with van der Waals surface area (Å²) in [6.07, 6.45) is 2.22. The van der Waals surface area contributed by atoms with E-state index in [9.17, 15) is 0 Å². The third-order valence-corrected chi connectivity index (χ3v) is 2.92. The van der Waals surface area contributed by atoms with Gasteiger partial charge in [0.05, 0.1) is 5.60 Å². The van der Waals surface area contributed by atoms with Crippen molar-refractivity contribution in [3.8, 4) is 0 Å². The lowest BCUT2D eigenvalue weighted by Gasteiger charge is -2.22. The van der Waals surface area contributed by atoms with Crippen LogP contribution in [-0.2, 0) is 11.2 Å². The zero-order chi connectivity index (χ0) is 13.4. The largest absolute Gasteiger partial charge is 0.376 e. The molecule has 1 rings (SSSR count). The van der Waals surface area contributed by atoms with Crippen LogP contribution in [0.5, 0.6) is 0 Å². The third kappa shape index (κ3) is 6.77. The zero-order valence-corrected chi connectivity index (χ0v) is 12.2. The first-order valence-corrected chi connectivity index (χ1v) is 6.84. The number of benzene rings is 1. The lowest BCUT2D eigenvalue weighted by atomic mass is 9.96. The van der Waals surface area contributed by atoms with Crippen molar-refractivity contribution in [3.63, 3.8) is 0 Å². The number of rotatable bonds is 7. The third-order valence-electron chi connectivity index (χ3n) is 2.92. The summed E-state index contributed by atoms with van der Waals surface area (Å²) in [5.41, 5.74) is 1.38. The van der Waals surface area contributed by atoms with Gasteiger partial charge in [0.25, 0.3) is 0 Å². The van der Waals surface area contributed by atoms with Gasteiger partial charge in [0.15, 0.2) is 0 Å². The molecule has 0 aliphatic carbocycles. The van der Waals surface area contributed by atoms with E-state index in [0.29, 0.717) is 5.92 Å². The Labute approximate surface area is 112 Å². The summed E-state index contributed by atoms with van der Waals surface area (Å²) in [6, 6.07) is 10.7. The first-order valence-electron chi connectivity index (χ1n) is 6.84. The second kappa shape index (κ2) is 7.55. The van der Waals surface area contributed by atoms with Gasteiger partial charge in [-0.05, 0) is 58.7 Å². The van der Waals surface area contributed by atoms with Crippen LogP contribution < -0.4 is 5.32 Å². The smallest absolute Gasteiger partial charge is 0.0598 e. The van der Waals surface area contributed by atoms with Crippen molar-refractivity contribution in [2.24, 2.45) is 5.92 Å². The van der Waals surface area contributed by atoms with Gasteiger partial charge < -0.3 is 10.1 Å². The molecular formula is C16H27NO. The van der Waals surface area contributed by atoms with Crippen molar-refractivity contribution >= 4 is 0 Å². The lowest BCUT2D eigenvalue weighted by molar-refractivity contribution is -0.00912. The molecule has 0 fully saturated rings. The fraction of sp³-hybridized carbons (Fsp3) is 0.625. The minimum atomic E-state index is -0.0308. The Balaban J connectivity index is 2.40. The van der Waals surface area contributed by atoms with E-state index in [1.807, 2.05) is 7.05 Å². The molecule has 0 radical (unpaired) electrons. The highest BCUT2D eigenvalue weighted by atomic mass is 16.5. The molecule has 0 spiro atoms. The molecule has 0 amide bonds. The van der Waals surface area contributed by atoms with E-state index in [1.54, 1.807) is 0 Å². The molecule has 1 atom stereocenters. The minimum absolute atomic E-state index is 0.0308. The van der Waals surface area contributed by atoms with Gasteiger partial charge in [-0.15, -0.1) is 0 Å². The highest BCUT2D eigenvalue weighted by molar-refractivity contribution is 5.15. The predicted molar refractivity (Wildman–Crippen MR) is 77.9 cm³/mol. The molecule has 102 valence electrons. The van der Waals surface area contributed by atoms with Crippen molar-refractivity contribution < 1.29 is 4.74 Å². The van der Waals surface area contributed by atoms with E-state index in [4.69, 9.17) is 4.74 Å². The second-order valence-corrected chi connectivity index (χ2v) is 5.86. The molecular weight excluding hydrogens is 222 g/mol. The van der Waals surface area contributed by atoms with Gasteiger partial charge in [-0.1, -0.05) is 30.3 Å². The summed E-state index contributed by atoms with van der Waals surface area (Å²) in [6.45, 7) is 8.21. The van der Waals surface area contributed by atoms with Gasteiger partial charge in [0, 0.05) is 6.61 Å². The number of hydrogen-bond acceptors (Lipinski definition) is 2. The fourth-order valence-corrected chi connectivity index (χ4v) is 2.04. The Morgan fingerprint density at radius 3 is 2.39 bits per heavy atom. The highest BCUT2D eigenvalue weighted by Crippen LogP contribution is 2.14. The maximum Gasteiger partial charge on any atom is 0.0598 e. The standard InChI is InChI=1S/C16H27NO/c1-16(2,3)18-11-10-15(13-17-4)12-14-8-6-5-7-9-14/h5-9,15,17H,10-13H2,1-4H3. The quantitative estimate of drug-likeness (QED) is 0.801. The van der Waals surface area contributed by atoms with Gasteiger partial charge in [0.2, 0.25) is 0 Å². The average Bonchev–Trinajstić information content (AvgIpc) is 2.29. The van der Waals surface area contributed by atoms with E-state index in [2.05, 4.69) is 56.4 Å². The van der Waals surface area contributed by atoms with Crippen LogP contribution in [0.15, 0.2) is 30.3 Å². The SMILES string of the molecule is CNCC(CCOC(C)(C)C)Cc1ccccc1. The van der Waals surface area contributed by atoms with E-state index >= 15 is 0 Å². The van der Waals surface area contributed by atoms with E-state index in [1.165, 1.54) is 5.56 Å². The van der Waals surface area contributed by atoms with Gasteiger partial charge in [-0.3, -0.25) is 0 Å². The molecule has 1 unspecified atom stereocenters. The summed E-state index contributed by atoms with van der Waals surface area (Å²) in [5, 5.41) is 3.28.